The number of aromatic nitrogens is 4. The Kier molecular flexibility index (Phi) is 7.51. The Morgan fingerprint density at radius 3 is 2.41 bits per heavy atom. The predicted octanol–water partition coefficient (Wildman–Crippen LogP) is 7.14. The molecule has 1 aliphatic rings. The first-order valence-corrected chi connectivity index (χ1v) is 14.4. The SMILES string of the molecule is Cn1cncc1C(O)(c1ccc(Cl)cc1)c1ccc2nc(NC(=O)C3CCCCC3)nc(-c3cccc(Cl)c3)c2c1. The van der Waals surface area contributed by atoms with Crippen LogP contribution in [0.25, 0.3) is 22.2 Å². The van der Waals surface area contributed by atoms with Gasteiger partial charge in [0.15, 0.2) is 5.60 Å². The zero-order chi connectivity index (χ0) is 28.6. The summed E-state index contributed by atoms with van der Waals surface area (Å²) in [6.07, 6.45) is 8.33. The minimum Gasteiger partial charge on any atom is -0.374 e. The molecule has 1 unspecified atom stereocenters. The van der Waals surface area contributed by atoms with E-state index in [9.17, 15) is 9.90 Å². The van der Waals surface area contributed by atoms with Crippen LogP contribution in [0, 0.1) is 5.92 Å². The molecule has 7 nitrogen and oxygen atoms in total. The lowest BCUT2D eigenvalue weighted by atomic mass is 9.83. The van der Waals surface area contributed by atoms with Gasteiger partial charge < -0.3 is 9.67 Å². The van der Waals surface area contributed by atoms with Crippen LogP contribution in [0.2, 0.25) is 10.0 Å². The molecule has 0 aliphatic heterocycles. The average Bonchev–Trinajstić information content (AvgIpc) is 3.43. The van der Waals surface area contributed by atoms with E-state index in [0.29, 0.717) is 43.5 Å². The summed E-state index contributed by atoms with van der Waals surface area (Å²) in [4.78, 5) is 26.9. The third-order valence-corrected chi connectivity index (χ3v) is 8.36. The number of carbonyl (C=O) groups excluding carboxylic acids is 1. The number of halogens is 2. The van der Waals surface area contributed by atoms with Crippen LogP contribution in [-0.2, 0) is 17.4 Å². The number of aliphatic hydroxyl groups is 1. The molecule has 0 bridgehead atoms. The first-order chi connectivity index (χ1) is 19.8. The lowest BCUT2D eigenvalue weighted by Gasteiger charge is -2.30. The number of nitrogens with zero attached hydrogens (tertiary/aromatic N) is 4. The number of benzene rings is 3. The number of hydrogen-bond donors (Lipinski definition) is 2. The second-order valence-corrected chi connectivity index (χ2v) is 11.4. The van der Waals surface area contributed by atoms with Gasteiger partial charge in [0.1, 0.15) is 0 Å². The second kappa shape index (κ2) is 11.2. The molecule has 9 heteroatoms. The molecule has 0 radical (unpaired) electrons. The Bertz CT molecular complexity index is 1730. The van der Waals surface area contributed by atoms with Crippen LogP contribution in [0.4, 0.5) is 5.95 Å². The van der Waals surface area contributed by atoms with E-state index in [2.05, 4.69) is 10.3 Å². The van der Waals surface area contributed by atoms with Crippen molar-refractivity contribution in [1.82, 2.24) is 19.5 Å². The van der Waals surface area contributed by atoms with E-state index in [1.165, 1.54) is 6.42 Å². The Morgan fingerprint density at radius 2 is 1.71 bits per heavy atom. The Hall–Kier alpha value is -3.78. The Morgan fingerprint density at radius 1 is 0.951 bits per heavy atom. The maximum absolute atomic E-state index is 13.1. The minimum atomic E-state index is -1.55. The zero-order valence-electron chi connectivity index (χ0n) is 22.5. The number of fused-ring (bicyclic) bond motifs is 1. The van der Waals surface area contributed by atoms with Gasteiger partial charge in [-0.25, -0.2) is 15.0 Å². The van der Waals surface area contributed by atoms with Gasteiger partial charge in [0.2, 0.25) is 11.9 Å². The fourth-order valence-corrected chi connectivity index (χ4v) is 6.02. The molecule has 2 heterocycles. The summed E-state index contributed by atoms with van der Waals surface area (Å²) in [6.45, 7) is 0. The number of imidazole rings is 1. The molecule has 1 fully saturated rings. The molecule has 1 aliphatic carbocycles. The van der Waals surface area contributed by atoms with Crippen LogP contribution in [0.15, 0.2) is 79.3 Å². The highest BCUT2D eigenvalue weighted by Crippen LogP contribution is 2.39. The summed E-state index contributed by atoms with van der Waals surface area (Å²) in [5.41, 5.74) is 2.26. The van der Waals surface area contributed by atoms with E-state index in [1.54, 1.807) is 47.4 Å². The molecule has 3 aromatic carbocycles. The van der Waals surface area contributed by atoms with Crippen molar-refractivity contribution < 1.29 is 9.90 Å². The Labute approximate surface area is 248 Å². The van der Waals surface area contributed by atoms with Gasteiger partial charge in [0.25, 0.3) is 0 Å². The number of carbonyl (C=O) groups is 1. The highest BCUT2D eigenvalue weighted by molar-refractivity contribution is 6.31. The highest BCUT2D eigenvalue weighted by atomic mass is 35.5. The molecule has 1 saturated carbocycles. The van der Waals surface area contributed by atoms with Gasteiger partial charge in [-0.3, -0.25) is 10.1 Å². The van der Waals surface area contributed by atoms with Gasteiger partial charge in [0, 0.05) is 34.0 Å². The van der Waals surface area contributed by atoms with Crippen LogP contribution in [0.5, 0.6) is 0 Å². The fraction of sp³-hybridized carbons (Fsp3) is 0.250. The molecular formula is C32H29Cl2N5O2. The maximum Gasteiger partial charge on any atom is 0.230 e. The molecule has 2 N–H and O–H groups in total. The van der Waals surface area contributed by atoms with Crippen molar-refractivity contribution >= 4 is 46.0 Å². The van der Waals surface area contributed by atoms with Crippen molar-refractivity contribution in [1.29, 1.82) is 0 Å². The predicted molar refractivity (Wildman–Crippen MR) is 162 cm³/mol. The van der Waals surface area contributed by atoms with Crippen molar-refractivity contribution in [2.24, 2.45) is 13.0 Å². The van der Waals surface area contributed by atoms with E-state index >= 15 is 0 Å². The third kappa shape index (κ3) is 5.33. The quantitative estimate of drug-likeness (QED) is 0.221. The van der Waals surface area contributed by atoms with Crippen molar-refractivity contribution in [2.75, 3.05) is 5.32 Å². The van der Waals surface area contributed by atoms with Crippen LogP contribution in [-0.4, -0.2) is 30.5 Å². The largest absolute Gasteiger partial charge is 0.374 e. The van der Waals surface area contributed by atoms with Gasteiger partial charge in [-0.2, -0.15) is 0 Å². The minimum absolute atomic E-state index is 0.0340. The number of hydrogen-bond acceptors (Lipinski definition) is 5. The van der Waals surface area contributed by atoms with Gasteiger partial charge in [0.05, 0.1) is 29.4 Å². The molecule has 2 aromatic heterocycles. The molecule has 1 amide bonds. The van der Waals surface area contributed by atoms with E-state index in [-0.39, 0.29) is 17.8 Å². The molecule has 41 heavy (non-hydrogen) atoms. The van der Waals surface area contributed by atoms with Crippen LogP contribution < -0.4 is 5.32 Å². The Balaban J connectivity index is 1.52. The fourth-order valence-electron chi connectivity index (χ4n) is 5.70. The normalized spacial score (nSPS) is 15.5. The van der Waals surface area contributed by atoms with Crippen molar-refractivity contribution in [2.45, 2.75) is 37.7 Å². The smallest absolute Gasteiger partial charge is 0.230 e. The number of aryl methyl sites for hydroxylation is 1. The number of rotatable bonds is 6. The lowest BCUT2D eigenvalue weighted by molar-refractivity contribution is -0.120. The molecule has 6 rings (SSSR count). The summed E-state index contributed by atoms with van der Waals surface area (Å²) in [5, 5.41) is 17.2. The van der Waals surface area contributed by atoms with Gasteiger partial charge in [-0.05, 0) is 60.4 Å². The third-order valence-electron chi connectivity index (χ3n) is 7.87. The topological polar surface area (TPSA) is 92.9 Å². The molecule has 0 spiro atoms. The molecular weight excluding hydrogens is 557 g/mol. The summed E-state index contributed by atoms with van der Waals surface area (Å²) >= 11 is 12.6. The standard InChI is InChI=1S/C32H29Cl2N5O2/c1-39-19-35-18-28(39)32(41,22-10-13-24(33)14-11-22)23-12-15-27-26(17-23)29(21-8-5-9-25(34)16-21)37-31(36-27)38-30(40)20-6-3-2-4-7-20/h5,8-20,41H,2-4,6-7H2,1H3,(H,36,37,38,40). The monoisotopic (exact) mass is 585 g/mol. The molecule has 5 aromatic rings. The van der Waals surface area contributed by atoms with Crippen LogP contribution in [0.3, 0.4) is 0 Å². The van der Waals surface area contributed by atoms with Gasteiger partial charge >= 0.3 is 0 Å². The van der Waals surface area contributed by atoms with E-state index in [0.717, 1.165) is 31.2 Å². The van der Waals surface area contributed by atoms with Gasteiger partial charge in [-0.15, -0.1) is 0 Å². The van der Waals surface area contributed by atoms with E-state index < -0.39 is 5.60 Å². The maximum atomic E-state index is 13.1. The van der Waals surface area contributed by atoms with Crippen molar-refractivity contribution in [3.8, 4) is 11.3 Å². The summed E-state index contributed by atoms with van der Waals surface area (Å²) in [5.74, 6) is 0.162. The first kappa shape index (κ1) is 27.4. The lowest BCUT2D eigenvalue weighted by Crippen LogP contribution is -2.31. The van der Waals surface area contributed by atoms with E-state index in [1.807, 2.05) is 43.4 Å². The van der Waals surface area contributed by atoms with Crippen molar-refractivity contribution in [3.63, 3.8) is 0 Å². The molecule has 208 valence electrons. The number of amides is 1. The summed E-state index contributed by atoms with van der Waals surface area (Å²) in [7, 11) is 1.84. The van der Waals surface area contributed by atoms with Gasteiger partial charge in [-0.1, -0.05) is 72.8 Å². The number of anilines is 1. The highest BCUT2D eigenvalue weighted by Gasteiger charge is 2.37. The average molecular weight is 587 g/mol. The van der Waals surface area contributed by atoms with Crippen molar-refractivity contribution in [3.05, 3.63) is 106 Å². The first-order valence-electron chi connectivity index (χ1n) is 13.7. The summed E-state index contributed by atoms with van der Waals surface area (Å²) < 4.78 is 1.79. The molecule has 0 saturated heterocycles. The van der Waals surface area contributed by atoms with E-state index in [4.69, 9.17) is 33.2 Å². The zero-order valence-corrected chi connectivity index (χ0v) is 24.0. The molecule has 1 atom stereocenters. The van der Waals surface area contributed by atoms with Crippen LogP contribution in [0.1, 0.15) is 48.9 Å². The summed E-state index contributed by atoms with van der Waals surface area (Å²) in [6, 6.07) is 20.1. The number of nitrogens with one attached hydrogen (secondary N) is 1. The van der Waals surface area contributed by atoms with Crippen LogP contribution >= 0.6 is 23.2 Å². The second-order valence-electron chi connectivity index (χ2n) is 10.6.